The van der Waals surface area contributed by atoms with Crippen molar-refractivity contribution in [2.75, 3.05) is 13.2 Å². The summed E-state index contributed by atoms with van der Waals surface area (Å²) in [5.41, 5.74) is 1.43. The Labute approximate surface area is 218 Å². The van der Waals surface area contributed by atoms with Crippen molar-refractivity contribution in [1.29, 1.82) is 0 Å². The molecular weight excluding hydrogens is 494 g/mol. The third-order valence-electron chi connectivity index (χ3n) is 5.21. The maximum Gasteiger partial charge on any atom is 0.345 e. The first kappa shape index (κ1) is 25.8. The first-order valence-electron chi connectivity index (χ1n) is 11.6. The largest absolute Gasteiger partial charge is 0.490 e. The highest BCUT2D eigenvalue weighted by atomic mass is 32.2. The quantitative estimate of drug-likeness (QED) is 0.137. The molecule has 0 amide bonds. The molecule has 0 fully saturated rings. The van der Waals surface area contributed by atoms with Crippen molar-refractivity contribution in [2.45, 2.75) is 30.6 Å². The number of aromatic nitrogens is 2. The van der Waals surface area contributed by atoms with Crippen LogP contribution in [0.3, 0.4) is 0 Å². The van der Waals surface area contributed by atoms with E-state index < -0.39 is 10.9 Å². The Balaban J connectivity index is 1.77. The highest BCUT2D eigenvalue weighted by Gasteiger charge is 2.25. The van der Waals surface area contributed by atoms with Crippen LogP contribution in [0.25, 0.3) is 5.69 Å². The second-order valence-corrected chi connectivity index (χ2v) is 8.76. The van der Waals surface area contributed by atoms with E-state index >= 15 is 0 Å². The molecule has 0 spiro atoms. The Bertz CT molecular complexity index is 1420. The fourth-order valence-electron chi connectivity index (χ4n) is 3.57. The number of rotatable bonds is 10. The number of ether oxygens (including phenoxy) is 3. The van der Waals surface area contributed by atoms with Crippen LogP contribution in [0.1, 0.15) is 29.9 Å². The Kier molecular flexibility index (Phi) is 8.09. The predicted octanol–water partition coefficient (Wildman–Crippen LogP) is 6.26. The van der Waals surface area contributed by atoms with Gasteiger partial charge in [-0.15, -0.1) is 0 Å². The van der Waals surface area contributed by atoms with Crippen LogP contribution < -0.4 is 14.2 Å². The number of nitro groups is 1. The summed E-state index contributed by atoms with van der Waals surface area (Å²) in [6.07, 6.45) is 0. The molecule has 3 aromatic carbocycles. The highest BCUT2D eigenvalue weighted by molar-refractivity contribution is 7.99. The number of benzene rings is 3. The summed E-state index contributed by atoms with van der Waals surface area (Å²) < 4.78 is 18.7. The summed E-state index contributed by atoms with van der Waals surface area (Å²) in [5.74, 6) is 0.481. The third-order valence-corrected chi connectivity index (χ3v) is 6.45. The van der Waals surface area contributed by atoms with Gasteiger partial charge in [0.05, 0.1) is 44.9 Å². The minimum absolute atomic E-state index is 0.0514. The van der Waals surface area contributed by atoms with Crippen molar-refractivity contribution in [2.24, 2.45) is 0 Å². The first-order valence-corrected chi connectivity index (χ1v) is 12.4. The lowest BCUT2D eigenvalue weighted by Crippen LogP contribution is -2.13. The molecule has 9 nitrogen and oxygen atoms in total. The molecule has 4 rings (SSSR count). The van der Waals surface area contributed by atoms with Crippen molar-refractivity contribution in [1.82, 2.24) is 9.78 Å². The van der Waals surface area contributed by atoms with Crippen LogP contribution in [-0.4, -0.2) is 33.9 Å². The zero-order valence-corrected chi connectivity index (χ0v) is 21.4. The minimum atomic E-state index is -0.634. The number of esters is 1. The van der Waals surface area contributed by atoms with Gasteiger partial charge in [-0.05, 0) is 57.2 Å². The molecule has 1 aromatic heterocycles. The Morgan fingerprint density at radius 1 is 0.973 bits per heavy atom. The Morgan fingerprint density at radius 3 is 2.35 bits per heavy atom. The van der Waals surface area contributed by atoms with Crippen LogP contribution in [0.4, 0.5) is 5.69 Å². The van der Waals surface area contributed by atoms with Crippen LogP contribution >= 0.6 is 11.8 Å². The predicted molar refractivity (Wildman–Crippen MR) is 139 cm³/mol. The lowest BCUT2D eigenvalue weighted by Gasteiger charge is -2.13. The van der Waals surface area contributed by atoms with Gasteiger partial charge in [0.2, 0.25) is 5.88 Å². The van der Waals surface area contributed by atoms with E-state index in [4.69, 9.17) is 14.2 Å². The number of nitro benzene ring substituents is 1. The molecule has 4 aromatic rings. The molecule has 0 N–H and O–H groups in total. The van der Waals surface area contributed by atoms with Crippen LogP contribution in [0.5, 0.6) is 17.4 Å². The summed E-state index contributed by atoms with van der Waals surface area (Å²) in [5, 5.41) is 16.2. The number of carbonyl (C=O) groups excluding carboxylic acids is 1. The summed E-state index contributed by atoms with van der Waals surface area (Å²) in [6.45, 7) is 6.31. The van der Waals surface area contributed by atoms with Gasteiger partial charge in [0.25, 0.3) is 5.69 Å². The van der Waals surface area contributed by atoms with Crippen LogP contribution in [0.15, 0.2) is 82.6 Å². The lowest BCUT2D eigenvalue weighted by atomic mass is 10.2. The fraction of sp³-hybridized carbons (Fsp3) is 0.185. The molecule has 0 radical (unpaired) electrons. The van der Waals surface area contributed by atoms with E-state index in [1.165, 1.54) is 10.7 Å². The topological polar surface area (TPSA) is 106 Å². The Morgan fingerprint density at radius 2 is 1.65 bits per heavy atom. The summed E-state index contributed by atoms with van der Waals surface area (Å²) in [6, 6.07) is 20.4. The van der Waals surface area contributed by atoms with E-state index in [9.17, 15) is 14.9 Å². The zero-order chi connectivity index (χ0) is 26.4. The molecule has 0 aliphatic heterocycles. The molecular formula is C27H25N3O6S. The summed E-state index contributed by atoms with van der Waals surface area (Å²) >= 11 is 1.12. The van der Waals surface area contributed by atoms with Crippen molar-refractivity contribution < 1.29 is 23.9 Å². The second kappa shape index (κ2) is 11.6. The Hall–Kier alpha value is -4.31. The number of aryl methyl sites for hydroxylation is 1. The number of carbonyl (C=O) groups is 1. The van der Waals surface area contributed by atoms with Crippen molar-refractivity contribution >= 4 is 23.4 Å². The molecule has 10 heteroatoms. The van der Waals surface area contributed by atoms with Gasteiger partial charge < -0.3 is 14.2 Å². The lowest BCUT2D eigenvalue weighted by molar-refractivity contribution is -0.387. The second-order valence-electron chi connectivity index (χ2n) is 7.71. The van der Waals surface area contributed by atoms with Gasteiger partial charge >= 0.3 is 5.97 Å². The van der Waals surface area contributed by atoms with E-state index in [2.05, 4.69) is 5.10 Å². The van der Waals surface area contributed by atoms with Crippen LogP contribution in [0.2, 0.25) is 0 Å². The van der Waals surface area contributed by atoms with E-state index in [1.54, 1.807) is 43.3 Å². The maximum absolute atomic E-state index is 13.3. The molecule has 37 heavy (non-hydrogen) atoms. The molecule has 0 aliphatic rings. The van der Waals surface area contributed by atoms with E-state index in [1.807, 2.05) is 44.2 Å². The van der Waals surface area contributed by atoms with Crippen molar-refractivity contribution in [3.63, 3.8) is 0 Å². The molecule has 190 valence electrons. The van der Waals surface area contributed by atoms with E-state index in [0.29, 0.717) is 45.9 Å². The first-order chi connectivity index (χ1) is 17.9. The molecule has 0 saturated carbocycles. The van der Waals surface area contributed by atoms with Crippen molar-refractivity contribution in [3.05, 3.63) is 94.2 Å². The SMILES string of the molecule is CCOc1ccc(C(=O)Oc2c(Sc3ccccc3[N+](=O)[O-])c(C)nn2-c2ccccc2)cc1OCC. The monoisotopic (exact) mass is 519 g/mol. The normalized spacial score (nSPS) is 10.7. The summed E-state index contributed by atoms with van der Waals surface area (Å²) in [4.78, 5) is 25.4. The fourth-order valence-corrected chi connectivity index (χ4v) is 4.59. The number of para-hydroxylation sites is 2. The standard InChI is InChI=1S/C27H25N3O6S/c1-4-34-22-16-15-19(17-23(22)35-5-2)27(31)36-26-25(37-24-14-10-9-13-21(24)30(32)33)18(3)28-29(26)20-11-7-6-8-12-20/h6-17H,4-5H2,1-3H3. The van der Waals surface area contributed by atoms with Gasteiger partial charge in [-0.25, -0.2) is 4.79 Å². The molecule has 0 saturated heterocycles. The van der Waals surface area contributed by atoms with Gasteiger partial charge in [0, 0.05) is 6.07 Å². The van der Waals surface area contributed by atoms with E-state index in [-0.39, 0.29) is 17.1 Å². The molecule has 0 bridgehead atoms. The van der Waals surface area contributed by atoms with Crippen LogP contribution in [0, 0.1) is 17.0 Å². The highest BCUT2D eigenvalue weighted by Crippen LogP contribution is 2.42. The van der Waals surface area contributed by atoms with E-state index in [0.717, 1.165) is 11.8 Å². The number of hydrogen-bond donors (Lipinski definition) is 0. The van der Waals surface area contributed by atoms with Crippen LogP contribution in [-0.2, 0) is 0 Å². The van der Waals surface area contributed by atoms with Gasteiger partial charge in [0.15, 0.2) is 11.5 Å². The van der Waals surface area contributed by atoms with Crippen molar-refractivity contribution in [3.8, 4) is 23.1 Å². The van der Waals surface area contributed by atoms with Gasteiger partial charge in [-0.2, -0.15) is 9.78 Å². The molecule has 0 aliphatic carbocycles. The summed E-state index contributed by atoms with van der Waals surface area (Å²) in [7, 11) is 0. The minimum Gasteiger partial charge on any atom is -0.490 e. The molecule has 0 atom stereocenters. The zero-order valence-electron chi connectivity index (χ0n) is 20.5. The number of hydrogen-bond acceptors (Lipinski definition) is 8. The smallest absolute Gasteiger partial charge is 0.345 e. The molecule has 0 unspecified atom stereocenters. The average molecular weight is 520 g/mol. The van der Waals surface area contributed by atoms with Gasteiger partial charge in [0.1, 0.15) is 0 Å². The average Bonchev–Trinajstić information content (AvgIpc) is 3.20. The van der Waals surface area contributed by atoms with Gasteiger partial charge in [-0.1, -0.05) is 42.1 Å². The number of nitrogens with zero attached hydrogens (tertiary/aromatic N) is 3. The maximum atomic E-state index is 13.3. The third kappa shape index (κ3) is 5.75. The van der Waals surface area contributed by atoms with Gasteiger partial charge in [-0.3, -0.25) is 10.1 Å². The molecule has 1 heterocycles.